The molecule has 3 aromatic rings. The maximum Gasteiger partial charge on any atom is 0.410 e. The van der Waals surface area contributed by atoms with Crippen molar-refractivity contribution in [3.8, 4) is 11.5 Å². The van der Waals surface area contributed by atoms with Gasteiger partial charge in [0.2, 0.25) is 5.95 Å². The van der Waals surface area contributed by atoms with Crippen LogP contribution in [-0.4, -0.2) is 66.5 Å². The number of rotatable bonds is 7. The van der Waals surface area contributed by atoms with Crippen molar-refractivity contribution in [1.82, 2.24) is 14.9 Å². The summed E-state index contributed by atoms with van der Waals surface area (Å²) in [5, 5.41) is 5.92. The Morgan fingerprint density at radius 1 is 1.11 bits per heavy atom. The standard InChI is InChI=1S/C31H38ClN5O6S/c1-18(2)44(39,40)24-10-8-7-9-22(24)34-28-21(32)16-33-29(36-28)35-23-15-19(3)25(27-26(23)41-13-14-42-27)20-11-12-37(17-20)30(38)43-31(4,5)6/h7-10,15-16,18,20H,11-14,17H2,1-6H3,(H2,33,34,35,36). The number of carbonyl (C=O) groups is 1. The number of likely N-dealkylation sites (tertiary alicyclic amines) is 1. The molecule has 236 valence electrons. The Kier molecular flexibility index (Phi) is 8.86. The summed E-state index contributed by atoms with van der Waals surface area (Å²) in [5.74, 6) is 1.69. The first-order chi connectivity index (χ1) is 20.7. The molecule has 1 saturated heterocycles. The van der Waals surface area contributed by atoms with E-state index in [2.05, 4.69) is 20.6 Å². The van der Waals surface area contributed by atoms with Crippen LogP contribution < -0.4 is 20.1 Å². The quantitative estimate of drug-likeness (QED) is 0.290. The van der Waals surface area contributed by atoms with Crippen molar-refractivity contribution in [2.75, 3.05) is 36.9 Å². The molecule has 1 aromatic heterocycles. The molecule has 2 aliphatic rings. The van der Waals surface area contributed by atoms with Gasteiger partial charge in [0.25, 0.3) is 0 Å². The number of carbonyl (C=O) groups excluding carboxylic acids is 1. The zero-order valence-corrected chi connectivity index (χ0v) is 27.3. The third-order valence-corrected chi connectivity index (χ3v) is 9.85. The number of para-hydroxylation sites is 1. The highest BCUT2D eigenvalue weighted by molar-refractivity contribution is 7.92. The number of benzene rings is 2. The van der Waals surface area contributed by atoms with Gasteiger partial charge in [0.05, 0.1) is 27.7 Å². The minimum Gasteiger partial charge on any atom is -0.486 e. The van der Waals surface area contributed by atoms with Crippen LogP contribution >= 0.6 is 11.6 Å². The van der Waals surface area contributed by atoms with Crippen molar-refractivity contribution in [2.45, 2.75) is 69.6 Å². The van der Waals surface area contributed by atoms with E-state index in [4.69, 9.17) is 25.8 Å². The maximum atomic E-state index is 13.0. The van der Waals surface area contributed by atoms with E-state index in [1.807, 2.05) is 33.8 Å². The number of sulfone groups is 1. The number of halogens is 1. The fourth-order valence-electron chi connectivity index (χ4n) is 5.28. The second kappa shape index (κ2) is 12.3. The largest absolute Gasteiger partial charge is 0.486 e. The van der Waals surface area contributed by atoms with Crippen LogP contribution in [0.1, 0.15) is 58.1 Å². The number of aryl methyl sites for hydroxylation is 1. The smallest absolute Gasteiger partial charge is 0.410 e. The van der Waals surface area contributed by atoms with Crippen molar-refractivity contribution >= 4 is 50.7 Å². The van der Waals surface area contributed by atoms with Gasteiger partial charge in [-0.05, 0) is 71.7 Å². The highest BCUT2D eigenvalue weighted by Gasteiger charge is 2.35. The van der Waals surface area contributed by atoms with Crippen molar-refractivity contribution < 1.29 is 27.4 Å². The first-order valence-electron chi connectivity index (χ1n) is 14.5. The van der Waals surface area contributed by atoms with E-state index in [9.17, 15) is 13.2 Å². The van der Waals surface area contributed by atoms with E-state index in [1.165, 1.54) is 6.20 Å². The molecule has 5 rings (SSSR count). The Bertz CT molecular complexity index is 1670. The van der Waals surface area contributed by atoms with Gasteiger partial charge in [0.15, 0.2) is 27.2 Å². The SMILES string of the molecule is Cc1cc(Nc2ncc(Cl)c(Nc3ccccc3S(=O)(=O)C(C)C)n2)c2c(c1C1CCN(C(=O)OC(C)(C)C)C1)OCCO2. The lowest BCUT2D eigenvalue weighted by molar-refractivity contribution is 0.0292. The lowest BCUT2D eigenvalue weighted by atomic mass is 9.91. The van der Waals surface area contributed by atoms with Crippen LogP contribution in [0.15, 0.2) is 41.4 Å². The zero-order chi connectivity index (χ0) is 31.8. The van der Waals surface area contributed by atoms with Gasteiger partial charge in [-0.25, -0.2) is 18.2 Å². The van der Waals surface area contributed by atoms with Crippen molar-refractivity contribution in [3.63, 3.8) is 0 Å². The first kappa shape index (κ1) is 31.6. The number of fused-ring (bicyclic) bond motifs is 1. The molecule has 2 aromatic carbocycles. The predicted molar refractivity (Wildman–Crippen MR) is 170 cm³/mol. The van der Waals surface area contributed by atoms with Gasteiger partial charge in [-0.2, -0.15) is 4.98 Å². The first-order valence-corrected chi connectivity index (χ1v) is 16.5. The van der Waals surface area contributed by atoms with Crippen LogP contribution in [0.2, 0.25) is 5.02 Å². The summed E-state index contributed by atoms with van der Waals surface area (Å²) in [6.45, 7) is 12.7. The van der Waals surface area contributed by atoms with Gasteiger partial charge in [0.1, 0.15) is 23.8 Å². The third-order valence-electron chi connectivity index (χ3n) is 7.36. The van der Waals surface area contributed by atoms with E-state index in [0.717, 1.165) is 17.5 Å². The zero-order valence-electron chi connectivity index (χ0n) is 25.7. The van der Waals surface area contributed by atoms with E-state index in [1.54, 1.807) is 43.0 Å². The van der Waals surface area contributed by atoms with Gasteiger partial charge in [-0.15, -0.1) is 0 Å². The van der Waals surface area contributed by atoms with Gasteiger partial charge in [0, 0.05) is 24.6 Å². The monoisotopic (exact) mass is 643 g/mol. The Balaban J connectivity index is 1.42. The molecule has 11 nitrogen and oxygen atoms in total. The number of nitrogens with one attached hydrogen (secondary N) is 2. The van der Waals surface area contributed by atoms with Gasteiger partial charge < -0.3 is 29.7 Å². The fourth-order valence-corrected chi connectivity index (χ4v) is 6.62. The van der Waals surface area contributed by atoms with Gasteiger partial charge in [-0.1, -0.05) is 23.7 Å². The average molecular weight is 644 g/mol. The minimum atomic E-state index is -3.57. The molecular formula is C31H38ClN5O6S. The van der Waals surface area contributed by atoms with Crippen LogP contribution in [0.3, 0.4) is 0 Å². The Labute approximate surface area is 263 Å². The highest BCUT2D eigenvalue weighted by Crippen LogP contribution is 2.48. The normalized spacial score (nSPS) is 16.6. The predicted octanol–water partition coefficient (Wildman–Crippen LogP) is 6.60. The number of nitrogens with zero attached hydrogens (tertiary/aromatic N) is 3. The van der Waals surface area contributed by atoms with Crippen LogP contribution in [0, 0.1) is 6.92 Å². The number of aromatic nitrogens is 2. The second-order valence-corrected chi connectivity index (χ2v) is 15.0. The van der Waals surface area contributed by atoms with Crippen molar-refractivity contribution in [3.05, 3.63) is 52.7 Å². The van der Waals surface area contributed by atoms with Crippen LogP contribution in [0.5, 0.6) is 11.5 Å². The molecule has 1 fully saturated rings. The molecule has 1 atom stereocenters. The number of hydrogen-bond acceptors (Lipinski definition) is 10. The van der Waals surface area contributed by atoms with Gasteiger partial charge >= 0.3 is 6.09 Å². The summed E-state index contributed by atoms with van der Waals surface area (Å²) in [7, 11) is -3.57. The lowest BCUT2D eigenvalue weighted by Crippen LogP contribution is -2.35. The Hall–Kier alpha value is -3.77. The molecule has 13 heteroatoms. The Morgan fingerprint density at radius 2 is 1.82 bits per heavy atom. The average Bonchev–Trinajstić information content (AvgIpc) is 3.44. The fraction of sp³-hybridized carbons (Fsp3) is 0.452. The van der Waals surface area contributed by atoms with E-state index >= 15 is 0 Å². The van der Waals surface area contributed by atoms with E-state index in [-0.39, 0.29) is 33.7 Å². The van der Waals surface area contributed by atoms with Gasteiger partial charge in [-0.3, -0.25) is 0 Å². The topological polar surface area (TPSA) is 132 Å². The molecule has 2 aliphatic heterocycles. The molecular weight excluding hydrogens is 606 g/mol. The number of anilines is 4. The van der Waals surface area contributed by atoms with Crippen LogP contribution in [0.25, 0.3) is 0 Å². The van der Waals surface area contributed by atoms with Crippen molar-refractivity contribution in [2.24, 2.45) is 0 Å². The maximum absolute atomic E-state index is 13.0. The third kappa shape index (κ3) is 6.66. The lowest BCUT2D eigenvalue weighted by Gasteiger charge is -2.28. The summed E-state index contributed by atoms with van der Waals surface area (Å²) < 4.78 is 43.8. The molecule has 0 spiro atoms. The van der Waals surface area contributed by atoms with E-state index < -0.39 is 20.7 Å². The minimum absolute atomic E-state index is 0.0526. The van der Waals surface area contributed by atoms with Crippen LogP contribution in [0.4, 0.5) is 27.9 Å². The molecule has 0 radical (unpaired) electrons. The highest BCUT2D eigenvalue weighted by atomic mass is 35.5. The molecule has 1 unspecified atom stereocenters. The summed E-state index contributed by atoms with van der Waals surface area (Å²) in [4.78, 5) is 23.5. The number of ether oxygens (including phenoxy) is 3. The molecule has 1 amide bonds. The molecule has 0 bridgehead atoms. The Morgan fingerprint density at radius 3 is 2.52 bits per heavy atom. The summed E-state index contributed by atoms with van der Waals surface area (Å²) in [5.41, 5.74) is 2.37. The molecule has 2 N–H and O–H groups in total. The molecule has 0 aliphatic carbocycles. The molecule has 0 saturated carbocycles. The summed E-state index contributed by atoms with van der Waals surface area (Å²) >= 11 is 6.44. The number of hydrogen-bond donors (Lipinski definition) is 2. The van der Waals surface area contributed by atoms with E-state index in [0.29, 0.717) is 49.2 Å². The number of amides is 1. The molecule has 3 heterocycles. The summed E-state index contributed by atoms with van der Waals surface area (Å²) in [6, 6.07) is 8.58. The second-order valence-electron chi connectivity index (χ2n) is 12.2. The van der Waals surface area contributed by atoms with Crippen molar-refractivity contribution in [1.29, 1.82) is 0 Å². The molecule has 44 heavy (non-hydrogen) atoms. The summed E-state index contributed by atoms with van der Waals surface area (Å²) in [6.07, 6.45) is 1.88. The van der Waals surface area contributed by atoms with Crippen LogP contribution in [-0.2, 0) is 14.6 Å².